The number of amides is 1. The van der Waals surface area contributed by atoms with Crippen molar-refractivity contribution in [2.24, 2.45) is 0 Å². The largest absolute Gasteiger partial charge is 0.361 e. The van der Waals surface area contributed by atoms with Gasteiger partial charge in [0.15, 0.2) is 0 Å². The predicted molar refractivity (Wildman–Crippen MR) is 112 cm³/mol. The van der Waals surface area contributed by atoms with Gasteiger partial charge in [-0.05, 0) is 36.2 Å². The van der Waals surface area contributed by atoms with E-state index in [4.69, 9.17) is 0 Å². The van der Waals surface area contributed by atoms with Crippen LogP contribution in [0.4, 0.5) is 5.69 Å². The second-order valence-electron chi connectivity index (χ2n) is 6.65. The van der Waals surface area contributed by atoms with Gasteiger partial charge in [-0.15, -0.1) is 0 Å². The fourth-order valence-electron chi connectivity index (χ4n) is 3.31. The lowest BCUT2D eigenvalue weighted by atomic mass is 10.1. The van der Waals surface area contributed by atoms with Gasteiger partial charge in [0.2, 0.25) is 15.9 Å². The lowest BCUT2D eigenvalue weighted by Crippen LogP contribution is -2.31. The number of sulfonamides is 1. The number of nitrogens with zero attached hydrogens (tertiary/aromatic N) is 1. The molecule has 0 unspecified atom stereocenters. The molecule has 0 spiro atoms. The van der Waals surface area contributed by atoms with Gasteiger partial charge in [-0.1, -0.05) is 38.1 Å². The Labute approximate surface area is 165 Å². The quantitative estimate of drug-likeness (QED) is 0.636. The zero-order valence-corrected chi connectivity index (χ0v) is 17.1. The Morgan fingerprint density at radius 1 is 1.11 bits per heavy atom. The molecule has 0 atom stereocenters. The Kier molecular flexibility index (Phi) is 5.86. The Bertz CT molecular complexity index is 1100. The molecule has 0 saturated carbocycles. The molecule has 3 aromatic rings. The lowest BCUT2D eigenvalue weighted by molar-refractivity contribution is -0.115. The molecule has 0 saturated heterocycles. The van der Waals surface area contributed by atoms with Crippen LogP contribution in [-0.2, 0) is 21.2 Å². The van der Waals surface area contributed by atoms with Gasteiger partial charge < -0.3 is 10.3 Å². The number of fused-ring (bicyclic) bond motifs is 1. The third-order valence-electron chi connectivity index (χ3n) is 4.82. The fraction of sp³-hybridized carbons (Fsp3) is 0.286. The Morgan fingerprint density at radius 3 is 2.54 bits per heavy atom. The monoisotopic (exact) mass is 399 g/mol. The van der Waals surface area contributed by atoms with E-state index in [2.05, 4.69) is 10.3 Å². The number of rotatable bonds is 7. The zero-order valence-electron chi connectivity index (χ0n) is 16.3. The maximum Gasteiger partial charge on any atom is 0.243 e. The first-order valence-electron chi connectivity index (χ1n) is 9.32. The van der Waals surface area contributed by atoms with E-state index in [1.165, 1.54) is 10.4 Å². The van der Waals surface area contributed by atoms with Crippen molar-refractivity contribution < 1.29 is 13.2 Å². The molecule has 0 bridgehead atoms. The highest BCUT2D eigenvalue weighted by molar-refractivity contribution is 7.89. The van der Waals surface area contributed by atoms with Crippen LogP contribution in [0.5, 0.6) is 0 Å². The summed E-state index contributed by atoms with van der Waals surface area (Å²) in [6.07, 6.45) is 2.03. The summed E-state index contributed by atoms with van der Waals surface area (Å²) in [6.45, 7) is 6.17. The van der Waals surface area contributed by atoms with E-state index in [9.17, 15) is 13.2 Å². The van der Waals surface area contributed by atoms with E-state index in [0.29, 0.717) is 24.3 Å². The van der Waals surface area contributed by atoms with Crippen LogP contribution in [0.25, 0.3) is 10.9 Å². The number of para-hydroxylation sites is 1. The summed E-state index contributed by atoms with van der Waals surface area (Å²) >= 11 is 0. The molecule has 1 amide bonds. The standard InChI is InChI=1S/C21H25N3O3S/c1-4-24(5-2)28(26,27)20-13-17(11-10-15(20)3)23-21(25)12-16-14-22-19-9-7-6-8-18(16)19/h6-11,13-14,22H,4-5,12H2,1-3H3,(H,23,25). The van der Waals surface area contributed by atoms with Crippen molar-refractivity contribution in [3.05, 3.63) is 59.8 Å². The summed E-state index contributed by atoms with van der Waals surface area (Å²) in [5, 5.41) is 3.83. The molecule has 0 aliphatic heterocycles. The highest BCUT2D eigenvalue weighted by atomic mass is 32.2. The first-order valence-corrected chi connectivity index (χ1v) is 10.8. The number of carbonyl (C=O) groups excluding carboxylic acids is 1. The van der Waals surface area contributed by atoms with Crippen molar-refractivity contribution >= 4 is 32.5 Å². The first-order chi connectivity index (χ1) is 13.4. The van der Waals surface area contributed by atoms with Crippen LogP contribution in [0.2, 0.25) is 0 Å². The maximum absolute atomic E-state index is 12.9. The molecule has 1 aromatic heterocycles. The number of H-pyrrole nitrogens is 1. The summed E-state index contributed by atoms with van der Waals surface area (Å²) in [5.41, 5.74) is 3.01. The van der Waals surface area contributed by atoms with Crippen LogP contribution in [0.3, 0.4) is 0 Å². The van der Waals surface area contributed by atoms with E-state index < -0.39 is 10.0 Å². The molecular formula is C21H25N3O3S. The van der Waals surface area contributed by atoms with Crippen molar-refractivity contribution in [3.8, 4) is 0 Å². The van der Waals surface area contributed by atoms with Gasteiger partial charge in [0.1, 0.15) is 0 Å². The molecule has 0 aliphatic carbocycles. The van der Waals surface area contributed by atoms with E-state index >= 15 is 0 Å². The average molecular weight is 400 g/mol. The van der Waals surface area contributed by atoms with Crippen molar-refractivity contribution in [2.45, 2.75) is 32.1 Å². The molecule has 7 heteroatoms. The Morgan fingerprint density at radius 2 is 1.82 bits per heavy atom. The minimum absolute atomic E-state index is 0.195. The molecule has 28 heavy (non-hydrogen) atoms. The van der Waals surface area contributed by atoms with Gasteiger partial charge in [0.05, 0.1) is 11.3 Å². The number of nitrogens with one attached hydrogen (secondary N) is 2. The van der Waals surface area contributed by atoms with Gasteiger partial charge in [0.25, 0.3) is 0 Å². The van der Waals surface area contributed by atoms with Crippen molar-refractivity contribution in [1.82, 2.24) is 9.29 Å². The van der Waals surface area contributed by atoms with Crippen LogP contribution < -0.4 is 5.32 Å². The lowest BCUT2D eigenvalue weighted by Gasteiger charge is -2.20. The third-order valence-corrected chi connectivity index (χ3v) is 7.01. The topological polar surface area (TPSA) is 82.3 Å². The van der Waals surface area contributed by atoms with Crippen molar-refractivity contribution in [3.63, 3.8) is 0 Å². The number of hydrogen-bond acceptors (Lipinski definition) is 3. The SMILES string of the molecule is CCN(CC)S(=O)(=O)c1cc(NC(=O)Cc2c[nH]c3ccccc23)ccc1C. The summed E-state index contributed by atoms with van der Waals surface area (Å²) in [7, 11) is -3.59. The van der Waals surface area contributed by atoms with E-state index in [-0.39, 0.29) is 17.2 Å². The molecule has 0 radical (unpaired) electrons. The van der Waals surface area contributed by atoms with Crippen molar-refractivity contribution in [1.29, 1.82) is 0 Å². The van der Waals surface area contributed by atoms with Gasteiger partial charge >= 0.3 is 0 Å². The molecule has 0 aliphatic rings. The normalized spacial score (nSPS) is 11.9. The van der Waals surface area contributed by atoms with E-state index in [1.807, 2.05) is 44.3 Å². The minimum Gasteiger partial charge on any atom is -0.361 e. The second kappa shape index (κ2) is 8.16. The predicted octanol–water partition coefficient (Wildman–Crippen LogP) is 3.69. The molecule has 2 aromatic carbocycles. The fourth-order valence-corrected chi connectivity index (χ4v) is 5.02. The average Bonchev–Trinajstić information content (AvgIpc) is 3.07. The van der Waals surface area contributed by atoms with Gasteiger partial charge in [0, 0.05) is 35.9 Å². The molecule has 1 heterocycles. The Balaban J connectivity index is 1.82. The number of hydrogen-bond donors (Lipinski definition) is 2. The summed E-state index contributed by atoms with van der Waals surface area (Å²) in [5.74, 6) is -0.195. The van der Waals surface area contributed by atoms with Gasteiger partial charge in [-0.25, -0.2) is 8.42 Å². The van der Waals surface area contributed by atoms with Crippen molar-refractivity contribution in [2.75, 3.05) is 18.4 Å². The molecule has 0 fully saturated rings. The summed E-state index contributed by atoms with van der Waals surface area (Å²) in [4.78, 5) is 15.9. The number of benzene rings is 2. The molecule has 148 valence electrons. The highest BCUT2D eigenvalue weighted by Gasteiger charge is 2.24. The van der Waals surface area contributed by atoms with Gasteiger partial charge in [-0.3, -0.25) is 4.79 Å². The van der Waals surface area contributed by atoms with Crippen LogP contribution in [0.15, 0.2) is 53.6 Å². The number of aryl methyl sites for hydroxylation is 1. The maximum atomic E-state index is 12.9. The van der Waals surface area contributed by atoms with Gasteiger partial charge in [-0.2, -0.15) is 4.31 Å². The minimum atomic E-state index is -3.59. The van der Waals surface area contributed by atoms with Crippen LogP contribution in [0.1, 0.15) is 25.0 Å². The number of carbonyl (C=O) groups is 1. The second-order valence-corrected chi connectivity index (χ2v) is 8.56. The smallest absolute Gasteiger partial charge is 0.243 e. The van der Waals surface area contributed by atoms with Crippen LogP contribution in [0, 0.1) is 6.92 Å². The summed E-state index contributed by atoms with van der Waals surface area (Å²) < 4.78 is 27.1. The third kappa shape index (κ3) is 3.95. The number of aromatic amines is 1. The van der Waals surface area contributed by atoms with E-state index in [1.54, 1.807) is 19.1 Å². The number of aromatic nitrogens is 1. The number of anilines is 1. The molecule has 3 rings (SSSR count). The summed E-state index contributed by atoms with van der Waals surface area (Å²) in [6, 6.07) is 12.8. The molecule has 2 N–H and O–H groups in total. The first kappa shape index (κ1) is 20.1. The Hall–Kier alpha value is -2.64. The zero-order chi connectivity index (χ0) is 20.3. The molecular weight excluding hydrogens is 374 g/mol. The molecule has 6 nitrogen and oxygen atoms in total. The van der Waals surface area contributed by atoms with E-state index in [0.717, 1.165) is 16.5 Å². The highest BCUT2D eigenvalue weighted by Crippen LogP contribution is 2.24. The van der Waals surface area contributed by atoms with Crippen LogP contribution >= 0.6 is 0 Å². The van der Waals surface area contributed by atoms with Crippen LogP contribution in [-0.4, -0.2) is 36.7 Å².